The van der Waals surface area contributed by atoms with Crippen LogP contribution in [0.3, 0.4) is 0 Å². The second kappa shape index (κ2) is 8.26. The van der Waals surface area contributed by atoms with Gasteiger partial charge in [-0.15, -0.1) is 0 Å². The van der Waals surface area contributed by atoms with Crippen molar-refractivity contribution in [3.05, 3.63) is 23.7 Å². The molecule has 0 radical (unpaired) electrons. The van der Waals surface area contributed by atoms with Crippen molar-refractivity contribution in [2.45, 2.75) is 37.9 Å². The summed E-state index contributed by atoms with van der Waals surface area (Å²) in [6.07, 6.45) is 0. The van der Waals surface area contributed by atoms with Crippen molar-refractivity contribution in [2.24, 2.45) is 5.92 Å². The summed E-state index contributed by atoms with van der Waals surface area (Å²) in [6.45, 7) is 4.15. The number of rotatable bonds is 8. The molecule has 1 atom stereocenters. The number of thioether (sulfide) groups is 1. The van der Waals surface area contributed by atoms with Gasteiger partial charge in [0.15, 0.2) is 0 Å². The third-order valence-corrected chi connectivity index (χ3v) is 3.39. The Labute approximate surface area is 121 Å². The number of alkyl halides is 2. The van der Waals surface area contributed by atoms with Crippen molar-refractivity contribution in [3.63, 3.8) is 0 Å². The number of hydrogen-bond acceptors (Lipinski definition) is 5. The molecule has 0 aromatic carbocycles. The smallest absolute Gasteiger partial charge is 0.323 e. The highest BCUT2D eigenvalue weighted by Gasteiger charge is 2.22. The van der Waals surface area contributed by atoms with E-state index < -0.39 is 11.8 Å². The average molecular weight is 307 g/mol. The van der Waals surface area contributed by atoms with Gasteiger partial charge in [-0.2, -0.15) is 8.78 Å². The fourth-order valence-electron chi connectivity index (χ4n) is 1.67. The normalized spacial score (nSPS) is 12.9. The summed E-state index contributed by atoms with van der Waals surface area (Å²) in [7, 11) is 1.34. The van der Waals surface area contributed by atoms with Gasteiger partial charge in [-0.3, -0.25) is 10.1 Å². The maximum atomic E-state index is 12.1. The third kappa shape index (κ3) is 5.50. The maximum absolute atomic E-state index is 12.1. The Balaban J connectivity index is 2.50. The number of hydrogen-bond donors (Lipinski definition) is 1. The molecule has 0 saturated carbocycles. The molecule has 1 aromatic heterocycles. The molecule has 0 saturated heterocycles. The van der Waals surface area contributed by atoms with Crippen LogP contribution in [-0.4, -0.2) is 24.9 Å². The lowest BCUT2D eigenvalue weighted by molar-refractivity contribution is -0.144. The molecule has 1 aromatic rings. The molecule has 20 heavy (non-hydrogen) atoms. The molecule has 1 rings (SSSR count). The van der Waals surface area contributed by atoms with E-state index in [9.17, 15) is 13.6 Å². The molecule has 0 amide bonds. The summed E-state index contributed by atoms with van der Waals surface area (Å²) in [4.78, 5) is 11.6. The van der Waals surface area contributed by atoms with Gasteiger partial charge < -0.3 is 9.15 Å². The highest BCUT2D eigenvalue weighted by Crippen LogP contribution is 2.21. The second-order valence-corrected chi connectivity index (χ2v) is 5.54. The molecule has 1 heterocycles. The molecule has 1 N–H and O–H groups in total. The molecule has 4 nitrogen and oxygen atoms in total. The van der Waals surface area contributed by atoms with Gasteiger partial charge in [0.2, 0.25) is 0 Å². The van der Waals surface area contributed by atoms with Crippen molar-refractivity contribution in [2.75, 3.05) is 7.11 Å². The van der Waals surface area contributed by atoms with Gasteiger partial charge in [0.25, 0.3) is 5.76 Å². The number of esters is 1. The average Bonchev–Trinajstić information content (AvgIpc) is 2.83. The Morgan fingerprint density at radius 2 is 2.05 bits per heavy atom. The van der Waals surface area contributed by atoms with Crippen LogP contribution in [0.15, 0.2) is 16.5 Å². The molecule has 0 bridgehead atoms. The van der Waals surface area contributed by atoms with Gasteiger partial charge >= 0.3 is 5.97 Å². The zero-order valence-corrected chi connectivity index (χ0v) is 12.5. The zero-order chi connectivity index (χ0) is 15.1. The minimum Gasteiger partial charge on any atom is -0.468 e. The molecular weight excluding hydrogens is 288 g/mol. The highest BCUT2D eigenvalue weighted by molar-refractivity contribution is 7.98. The lowest BCUT2D eigenvalue weighted by atomic mass is 10.0. The quantitative estimate of drug-likeness (QED) is 0.748. The maximum Gasteiger partial charge on any atom is 0.323 e. The van der Waals surface area contributed by atoms with Crippen LogP contribution in [0.1, 0.15) is 25.4 Å². The number of nitrogens with one attached hydrogen (secondary N) is 1. The van der Waals surface area contributed by atoms with Gasteiger partial charge in [0, 0.05) is 0 Å². The van der Waals surface area contributed by atoms with Crippen molar-refractivity contribution in [1.29, 1.82) is 0 Å². The summed E-state index contributed by atoms with van der Waals surface area (Å²) in [5.41, 5.74) is 0. The largest absolute Gasteiger partial charge is 0.468 e. The lowest BCUT2D eigenvalue weighted by Gasteiger charge is -2.19. The van der Waals surface area contributed by atoms with Crippen LogP contribution in [-0.2, 0) is 21.8 Å². The number of carbonyl (C=O) groups is 1. The van der Waals surface area contributed by atoms with Crippen molar-refractivity contribution >= 4 is 17.7 Å². The predicted molar refractivity (Wildman–Crippen MR) is 73.5 cm³/mol. The summed E-state index contributed by atoms with van der Waals surface area (Å²) < 4.78 is 34.2. The SMILES string of the molecule is COC(=O)[C@@H](NCc1ccc(CSC(F)F)o1)C(C)C. The van der Waals surface area contributed by atoms with Crippen LogP contribution in [0.4, 0.5) is 8.78 Å². The molecule has 0 aliphatic rings. The van der Waals surface area contributed by atoms with Crippen molar-refractivity contribution in [3.8, 4) is 0 Å². The third-order valence-electron chi connectivity index (χ3n) is 2.69. The Hall–Kier alpha value is -1.08. The van der Waals surface area contributed by atoms with Crippen molar-refractivity contribution in [1.82, 2.24) is 5.32 Å². The van der Waals surface area contributed by atoms with Gasteiger partial charge in [0.05, 0.1) is 19.4 Å². The molecule has 7 heteroatoms. The van der Waals surface area contributed by atoms with E-state index >= 15 is 0 Å². The van der Waals surface area contributed by atoms with Crippen molar-refractivity contribution < 1.29 is 22.7 Å². The topological polar surface area (TPSA) is 51.5 Å². The van der Waals surface area contributed by atoms with Crippen LogP contribution in [0.5, 0.6) is 0 Å². The lowest BCUT2D eigenvalue weighted by Crippen LogP contribution is -2.41. The first-order chi connectivity index (χ1) is 9.43. The summed E-state index contributed by atoms with van der Waals surface area (Å²) in [5, 5.41) is 3.04. The van der Waals surface area contributed by atoms with E-state index in [2.05, 4.69) is 5.32 Å². The number of methoxy groups -OCH3 is 1. The molecule has 0 fully saturated rings. The van der Waals surface area contributed by atoms with Gasteiger partial charge in [-0.25, -0.2) is 0 Å². The first kappa shape index (κ1) is 17.0. The van der Waals surface area contributed by atoms with E-state index in [4.69, 9.17) is 9.15 Å². The van der Waals surface area contributed by atoms with E-state index in [0.717, 1.165) is 0 Å². The fourth-order valence-corrected chi connectivity index (χ4v) is 2.11. The number of carbonyl (C=O) groups excluding carboxylic acids is 1. The number of furan rings is 1. The summed E-state index contributed by atoms with van der Waals surface area (Å²) in [6, 6.07) is 2.95. The minimum absolute atomic E-state index is 0.0753. The second-order valence-electron chi connectivity index (χ2n) is 4.57. The molecule has 0 aliphatic heterocycles. The molecule has 0 aliphatic carbocycles. The zero-order valence-electron chi connectivity index (χ0n) is 11.7. The van der Waals surface area contributed by atoms with Gasteiger partial charge in [-0.1, -0.05) is 25.6 Å². The standard InChI is InChI=1S/C13H19F2NO3S/c1-8(2)11(12(17)18-3)16-6-9-4-5-10(19-9)7-20-13(14)15/h4-5,8,11,13,16H,6-7H2,1-3H3/t11-/m0/s1. The fraction of sp³-hybridized carbons (Fsp3) is 0.615. The Morgan fingerprint density at radius 1 is 1.40 bits per heavy atom. The Morgan fingerprint density at radius 3 is 2.60 bits per heavy atom. The van der Waals surface area contributed by atoms with Gasteiger partial charge in [-0.05, 0) is 18.1 Å². The van der Waals surface area contributed by atoms with Crippen LogP contribution >= 0.6 is 11.8 Å². The first-order valence-corrected chi connectivity index (χ1v) is 7.27. The molecular formula is C13H19F2NO3S. The Kier molecular flexibility index (Phi) is 7.01. The number of ether oxygens (including phenoxy) is 1. The van der Waals surface area contributed by atoms with Gasteiger partial charge in [0.1, 0.15) is 17.6 Å². The van der Waals surface area contributed by atoms with Crippen LogP contribution in [0.25, 0.3) is 0 Å². The van der Waals surface area contributed by atoms with E-state index in [0.29, 0.717) is 29.8 Å². The molecule has 114 valence electrons. The first-order valence-electron chi connectivity index (χ1n) is 6.22. The van der Waals surface area contributed by atoms with E-state index in [1.165, 1.54) is 7.11 Å². The van der Waals surface area contributed by atoms with Crippen LogP contribution in [0, 0.1) is 5.92 Å². The predicted octanol–water partition coefficient (Wildman–Crippen LogP) is 3.02. The minimum atomic E-state index is -2.41. The molecule has 0 spiro atoms. The summed E-state index contributed by atoms with van der Waals surface area (Å²) in [5.74, 6) is -1.45. The van der Waals surface area contributed by atoms with E-state index in [1.54, 1.807) is 12.1 Å². The highest BCUT2D eigenvalue weighted by atomic mass is 32.2. The van der Waals surface area contributed by atoms with E-state index in [-0.39, 0.29) is 17.6 Å². The number of halogens is 2. The molecule has 0 unspecified atom stereocenters. The Bertz CT molecular complexity index is 424. The van der Waals surface area contributed by atoms with Crippen LogP contribution < -0.4 is 5.32 Å². The van der Waals surface area contributed by atoms with E-state index in [1.807, 2.05) is 13.8 Å². The van der Waals surface area contributed by atoms with Crippen LogP contribution in [0.2, 0.25) is 0 Å². The monoisotopic (exact) mass is 307 g/mol. The summed E-state index contributed by atoms with van der Waals surface area (Å²) >= 11 is 0.514.